The summed E-state index contributed by atoms with van der Waals surface area (Å²) in [5.41, 5.74) is -0.438. The van der Waals surface area contributed by atoms with Gasteiger partial charge < -0.3 is 14.8 Å². The number of hydrogen-bond acceptors (Lipinski definition) is 3. The summed E-state index contributed by atoms with van der Waals surface area (Å²) in [5, 5.41) is 2.80. The molecule has 0 aromatic carbocycles. The zero-order valence-electron chi connectivity index (χ0n) is 9.29. The van der Waals surface area contributed by atoms with E-state index in [9.17, 15) is 4.79 Å². The standard InChI is InChI=1S/C10H19NO3/c1-7-5-13-6-8(7)11-9(12)14-10(2,3)4/h7-8H,5-6H2,1-4H3,(H,11,12)/t7?,8-/m0/s1. The summed E-state index contributed by atoms with van der Waals surface area (Å²) in [6, 6.07) is 0.0878. The molecule has 1 heterocycles. The van der Waals surface area contributed by atoms with Crippen LogP contribution in [-0.2, 0) is 9.47 Å². The second-order valence-electron chi connectivity index (χ2n) is 4.77. The van der Waals surface area contributed by atoms with E-state index in [4.69, 9.17) is 9.47 Å². The molecule has 1 rings (SSSR count). The van der Waals surface area contributed by atoms with Gasteiger partial charge in [0.15, 0.2) is 0 Å². The fourth-order valence-electron chi connectivity index (χ4n) is 1.30. The fraction of sp³-hybridized carbons (Fsp3) is 0.900. The normalized spacial score (nSPS) is 27.4. The molecule has 0 aliphatic carbocycles. The van der Waals surface area contributed by atoms with Crippen molar-refractivity contribution in [3.63, 3.8) is 0 Å². The van der Waals surface area contributed by atoms with E-state index in [1.54, 1.807) is 0 Å². The lowest BCUT2D eigenvalue weighted by molar-refractivity contribution is 0.0492. The molecule has 1 aliphatic heterocycles. The van der Waals surface area contributed by atoms with Crippen molar-refractivity contribution in [1.29, 1.82) is 0 Å². The monoisotopic (exact) mass is 201 g/mol. The van der Waals surface area contributed by atoms with E-state index in [0.29, 0.717) is 19.1 Å². The molecule has 1 aliphatic rings. The minimum Gasteiger partial charge on any atom is -0.444 e. The lowest BCUT2D eigenvalue weighted by Gasteiger charge is -2.22. The van der Waals surface area contributed by atoms with Crippen LogP contribution in [0.3, 0.4) is 0 Å². The Morgan fingerprint density at radius 3 is 2.50 bits per heavy atom. The van der Waals surface area contributed by atoms with Crippen molar-refractivity contribution in [2.75, 3.05) is 13.2 Å². The number of ether oxygens (including phenoxy) is 2. The topological polar surface area (TPSA) is 47.6 Å². The van der Waals surface area contributed by atoms with Crippen molar-refractivity contribution in [3.8, 4) is 0 Å². The highest BCUT2D eigenvalue weighted by Crippen LogP contribution is 2.13. The minimum atomic E-state index is -0.438. The van der Waals surface area contributed by atoms with Gasteiger partial charge in [0.25, 0.3) is 0 Å². The van der Waals surface area contributed by atoms with Crippen LogP contribution in [0.2, 0.25) is 0 Å². The predicted molar refractivity (Wildman–Crippen MR) is 53.1 cm³/mol. The Hall–Kier alpha value is -0.770. The van der Waals surface area contributed by atoms with Crippen LogP contribution in [0.15, 0.2) is 0 Å². The minimum absolute atomic E-state index is 0.0878. The van der Waals surface area contributed by atoms with Gasteiger partial charge >= 0.3 is 6.09 Å². The Balaban J connectivity index is 2.33. The molecule has 1 N–H and O–H groups in total. The van der Waals surface area contributed by atoms with Gasteiger partial charge in [-0.25, -0.2) is 4.79 Å². The maximum atomic E-state index is 11.4. The first-order chi connectivity index (χ1) is 6.38. The molecule has 0 aromatic rings. The Labute approximate surface area is 85.0 Å². The van der Waals surface area contributed by atoms with E-state index >= 15 is 0 Å². The van der Waals surface area contributed by atoms with Gasteiger partial charge in [-0.1, -0.05) is 6.92 Å². The zero-order chi connectivity index (χ0) is 10.8. The van der Waals surface area contributed by atoms with Crippen LogP contribution < -0.4 is 5.32 Å². The molecule has 0 radical (unpaired) electrons. The average Bonchev–Trinajstić information content (AvgIpc) is 2.32. The third-order valence-corrected chi connectivity index (χ3v) is 2.07. The van der Waals surface area contributed by atoms with Gasteiger partial charge in [-0.3, -0.25) is 0 Å². The van der Waals surface area contributed by atoms with Crippen LogP contribution in [0, 0.1) is 5.92 Å². The first-order valence-electron chi connectivity index (χ1n) is 4.96. The zero-order valence-corrected chi connectivity index (χ0v) is 9.29. The number of carbonyl (C=O) groups is 1. The van der Waals surface area contributed by atoms with Gasteiger partial charge in [-0.2, -0.15) is 0 Å². The molecule has 0 saturated carbocycles. The summed E-state index contributed by atoms with van der Waals surface area (Å²) in [7, 11) is 0. The van der Waals surface area contributed by atoms with Crippen LogP contribution in [0.5, 0.6) is 0 Å². The van der Waals surface area contributed by atoms with E-state index in [1.807, 2.05) is 20.8 Å². The van der Waals surface area contributed by atoms with Crippen molar-refractivity contribution in [2.45, 2.75) is 39.3 Å². The van der Waals surface area contributed by atoms with Gasteiger partial charge in [0.1, 0.15) is 5.60 Å². The highest BCUT2D eigenvalue weighted by molar-refractivity contribution is 5.68. The number of rotatable bonds is 1. The lowest BCUT2D eigenvalue weighted by Crippen LogP contribution is -2.42. The maximum Gasteiger partial charge on any atom is 0.407 e. The molecule has 2 atom stereocenters. The lowest BCUT2D eigenvalue weighted by atomic mass is 10.1. The summed E-state index contributed by atoms with van der Waals surface area (Å²) >= 11 is 0. The highest BCUT2D eigenvalue weighted by Gasteiger charge is 2.27. The van der Waals surface area contributed by atoms with Crippen LogP contribution in [0.25, 0.3) is 0 Å². The van der Waals surface area contributed by atoms with Crippen molar-refractivity contribution < 1.29 is 14.3 Å². The first-order valence-corrected chi connectivity index (χ1v) is 4.96. The summed E-state index contributed by atoms with van der Waals surface area (Å²) in [6.45, 7) is 8.89. The molecule has 0 spiro atoms. The summed E-state index contributed by atoms with van der Waals surface area (Å²) in [6.07, 6.45) is -0.361. The summed E-state index contributed by atoms with van der Waals surface area (Å²) in [4.78, 5) is 11.4. The highest BCUT2D eigenvalue weighted by atomic mass is 16.6. The summed E-state index contributed by atoms with van der Waals surface area (Å²) in [5.74, 6) is 0.363. The number of hydrogen-bond donors (Lipinski definition) is 1. The van der Waals surface area contributed by atoms with Crippen LogP contribution in [-0.4, -0.2) is 30.9 Å². The number of nitrogens with one attached hydrogen (secondary N) is 1. The van der Waals surface area contributed by atoms with Gasteiger partial charge in [0.05, 0.1) is 19.3 Å². The molecule has 1 unspecified atom stereocenters. The molecule has 82 valence electrons. The fourth-order valence-corrected chi connectivity index (χ4v) is 1.30. The average molecular weight is 201 g/mol. The van der Waals surface area contributed by atoms with Crippen LogP contribution in [0.4, 0.5) is 4.79 Å². The second-order valence-corrected chi connectivity index (χ2v) is 4.77. The van der Waals surface area contributed by atoms with Crippen molar-refractivity contribution >= 4 is 6.09 Å². The Morgan fingerprint density at radius 2 is 2.07 bits per heavy atom. The number of amides is 1. The van der Waals surface area contributed by atoms with E-state index in [2.05, 4.69) is 12.2 Å². The van der Waals surface area contributed by atoms with Gasteiger partial charge in [-0.05, 0) is 20.8 Å². The molecule has 4 nitrogen and oxygen atoms in total. The number of carbonyl (C=O) groups excluding carboxylic acids is 1. The molecular formula is C10H19NO3. The molecular weight excluding hydrogens is 182 g/mol. The Morgan fingerprint density at radius 1 is 1.43 bits per heavy atom. The van der Waals surface area contributed by atoms with Gasteiger partial charge in [0, 0.05) is 5.92 Å². The van der Waals surface area contributed by atoms with E-state index in [-0.39, 0.29) is 12.1 Å². The summed E-state index contributed by atoms with van der Waals surface area (Å²) < 4.78 is 10.4. The Bertz CT molecular complexity index is 210. The Kier molecular flexibility index (Phi) is 3.37. The van der Waals surface area contributed by atoms with Gasteiger partial charge in [-0.15, -0.1) is 0 Å². The van der Waals surface area contributed by atoms with Crippen molar-refractivity contribution in [2.24, 2.45) is 5.92 Å². The molecule has 1 amide bonds. The third kappa shape index (κ3) is 3.54. The largest absolute Gasteiger partial charge is 0.444 e. The first kappa shape index (κ1) is 11.3. The maximum absolute atomic E-state index is 11.4. The van der Waals surface area contributed by atoms with Crippen LogP contribution in [0.1, 0.15) is 27.7 Å². The smallest absolute Gasteiger partial charge is 0.407 e. The van der Waals surface area contributed by atoms with E-state index < -0.39 is 5.60 Å². The van der Waals surface area contributed by atoms with Crippen molar-refractivity contribution in [1.82, 2.24) is 5.32 Å². The van der Waals surface area contributed by atoms with Gasteiger partial charge in [0.2, 0.25) is 0 Å². The molecule has 14 heavy (non-hydrogen) atoms. The van der Waals surface area contributed by atoms with E-state index in [1.165, 1.54) is 0 Å². The van der Waals surface area contributed by atoms with E-state index in [0.717, 1.165) is 0 Å². The molecule has 0 aromatic heterocycles. The molecule has 4 heteroatoms. The molecule has 1 saturated heterocycles. The van der Waals surface area contributed by atoms with Crippen LogP contribution >= 0.6 is 0 Å². The van der Waals surface area contributed by atoms with Crippen molar-refractivity contribution in [3.05, 3.63) is 0 Å². The molecule has 0 bridgehead atoms. The number of alkyl carbamates (subject to hydrolysis) is 1. The predicted octanol–water partition coefficient (Wildman–Crippen LogP) is 1.55. The second kappa shape index (κ2) is 4.17. The quantitative estimate of drug-likeness (QED) is 0.700. The molecule has 1 fully saturated rings. The SMILES string of the molecule is CC1COC[C@@H]1NC(=O)OC(C)(C)C. The third-order valence-electron chi connectivity index (χ3n) is 2.07.